The fourth-order valence-corrected chi connectivity index (χ4v) is 2.07. The fourth-order valence-electron chi connectivity index (χ4n) is 1.58. The van der Waals surface area contributed by atoms with Gasteiger partial charge in [0.15, 0.2) is 5.76 Å². The standard InChI is InChI=1S/C13H19NO4S/c1-19-7-5-3-2-4-6-14-12(15)11-8-10(9-18-11)13(16)17/h8-9H,2-7H2,1H3,(H,14,15)(H,16,17). The summed E-state index contributed by atoms with van der Waals surface area (Å²) < 4.78 is 4.90. The van der Waals surface area contributed by atoms with Crippen LogP contribution in [-0.2, 0) is 0 Å². The van der Waals surface area contributed by atoms with E-state index in [0.717, 1.165) is 19.1 Å². The molecule has 0 spiro atoms. The number of amides is 1. The number of aromatic carboxylic acids is 1. The minimum Gasteiger partial charge on any atom is -0.478 e. The van der Waals surface area contributed by atoms with Gasteiger partial charge in [-0.2, -0.15) is 11.8 Å². The first-order valence-electron chi connectivity index (χ1n) is 6.24. The summed E-state index contributed by atoms with van der Waals surface area (Å²) in [6.45, 7) is 0.585. The first-order valence-corrected chi connectivity index (χ1v) is 7.63. The third kappa shape index (κ3) is 5.83. The molecule has 0 radical (unpaired) electrons. The van der Waals surface area contributed by atoms with Crippen LogP contribution in [0.5, 0.6) is 0 Å². The summed E-state index contributed by atoms with van der Waals surface area (Å²) in [6.07, 6.45) is 7.54. The molecule has 2 N–H and O–H groups in total. The number of hydrogen-bond donors (Lipinski definition) is 2. The van der Waals surface area contributed by atoms with Gasteiger partial charge >= 0.3 is 5.97 Å². The van der Waals surface area contributed by atoms with Gasteiger partial charge in [0.05, 0.1) is 5.56 Å². The molecule has 1 amide bonds. The Morgan fingerprint density at radius 1 is 1.32 bits per heavy atom. The molecule has 106 valence electrons. The number of unbranched alkanes of at least 4 members (excludes halogenated alkanes) is 3. The lowest BCUT2D eigenvalue weighted by Gasteiger charge is -2.02. The number of thioether (sulfide) groups is 1. The lowest BCUT2D eigenvalue weighted by Crippen LogP contribution is -2.23. The Hall–Kier alpha value is -1.43. The van der Waals surface area contributed by atoms with Crippen molar-refractivity contribution in [2.45, 2.75) is 25.7 Å². The number of hydrogen-bond acceptors (Lipinski definition) is 4. The number of carbonyl (C=O) groups excluding carboxylic acids is 1. The monoisotopic (exact) mass is 285 g/mol. The van der Waals surface area contributed by atoms with Crippen LogP contribution in [0.3, 0.4) is 0 Å². The van der Waals surface area contributed by atoms with E-state index in [0.29, 0.717) is 6.54 Å². The maximum Gasteiger partial charge on any atom is 0.338 e. The molecule has 1 rings (SSSR count). The smallest absolute Gasteiger partial charge is 0.338 e. The predicted molar refractivity (Wildman–Crippen MR) is 74.9 cm³/mol. The van der Waals surface area contributed by atoms with Crippen molar-refractivity contribution in [2.75, 3.05) is 18.6 Å². The van der Waals surface area contributed by atoms with Gasteiger partial charge in [-0.05, 0) is 24.9 Å². The summed E-state index contributed by atoms with van der Waals surface area (Å²) in [5.41, 5.74) is -0.0118. The molecule has 0 saturated heterocycles. The van der Waals surface area contributed by atoms with Crippen molar-refractivity contribution in [1.29, 1.82) is 0 Å². The van der Waals surface area contributed by atoms with Crippen LogP contribution in [0, 0.1) is 0 Å². The van der Waals surface area contributed by atoms with Gasteiger partial charge in [0.25, 0.3) is 5.91 Å². The van der Waals surface area contributed by atoms with Crippen LogP contribution in [0.4, 0.5) is 0 Å². The molecule has 19 heavy (non-hydrogen) atoms. The van der Waals surface area contributed by atoms with Crippen molar-refractivity contribution in [3.05, 3.63) is 23.7 Å². The zero-order chi connectivity index (χ0) is 14.1. The second kappa shape index (κ2) is 8.63. The van der Waals surface area contributed by atoms with Crippen LogP contribution in [-0.4, -0.2) is 35.5 Å². The van der Waals surface area contributed by atoms with E-state index in [-0.39, 0.29) is 17.2 Å². The molecule has 1 aromatic heterocycles. The Morgan fingerprint density at radius 3 is 2.68 bits per heavy atom. The van der Waals surface area contributed by atoms with Gasteiger partial charge in [0.1, 0.15) is 6.26 Å². The van der Waals surface area contributed by atoms with Crippen molar-refractivity contribution in [1.82, 2.24) is 5.32 Å². The van der Waals surface area contributed by atoms with E-state index in [1.54, 1.807) is 0 Å². The highest BCUT2D eigenvalue weighted by Crippen LogP contribution is 2.08. The first-order chi connectivity index (χ1) is 9.15. The van der Waals surface area contributed by atoms with Crippen molar-refractivity contribution in [3.8, 4) is 0 Å². The average Bonchev–Trinajstić information content (AvgIpc) is 2.87. The molecule has 0 aliphatic carbocycles. The molecule has 0 aliphatic rings. The highest BCUT2D eigenvalue weighted by Gasteiger charge is 2.13. The van der Waals surface area contributed by atoms with Gasteiger partial charge in [0, 0.05) is 12.6 Å². The van der Waals surface area contributed by atoms with E-state index >= 15 is 0 Å². The predicted octanol–water partition coefficient (Wildman–Crippen LogP) is 2.63. The molecule has 5 nitrogen and oxygen atoms in total. The Morgan fingerprint density at radius 2 is 2.05 bits per heavy atom. The molecule has 1 heterocycles. The van der Waals surface area contributed by atoms with Crippen LogP contribution in [0.15, 0.2) is 16.7 Å². The van der Waals surface area contributed by atoms with Crippen LogP contribution < -0.4 is 5.32 Å². The molecular weight excluding hydrogens is 266 g/mol. The van der Waals surface area contributed by atoms with Crippen molar-refractivity contribution >= 4 is 23.6 Å². The van der Waals surface area contributed by atoms with E-state index in [1.807, 2.05) is 11.8 Å². The topological polar surface area (TPSA) is 79.5 Å². The van der Waals surface area contributed by atoms with Crippen molar-refractivity contribution in [3.63, 3.8) is 0 Å². The third-order valence-corrected chi connectivity index (χ3v) is 3.33. The summed E-state index contributed by atoms with van der Waals surface area (Å²) in [5, 5.41) is 11.4. The summed E-state index contributed by atoms with van der Waals surface area (Å²) in [5.74, 6) is -0.246. The first kappa shape index (κ1) is 15.6. The normalized spacial score (nSPS) is 10.4. The van der Waals surface area contributed by atoms with Crippen molar-refractivity contribution < 1.29 is 19.1 Å². The summed E-state index contributed by atoms with van der Waals surface area (Å²) in [6, 6.07) is 1.23. The molecule has 0 fully saturated rings. The molecule has 0 bridgehead atoms. The zero-order valence-electron chi connectivity index (χ0n) is 11.0. The van der Waals surface area contributed by atoms with Gasteiger partial charge in [-0.25, -0.2) is 4.79 Å². The van der Waals surface area contributed by atoms with Gasteiger partial charge < -0.3 is 14.8 Å². The molecule has 0 aromatic carbocycles. The van der Waals surface area contributed by atoms with Gasteiger partial charge in [-0.3, -0.25) is 4.79 Å². The number of carboxylic acid groups (broad SMARTS) is 1. The maximum absolute atomic E-state index is 11.6. The molecule has 0 atom stereocenters. The number of rotatable bonds is 9. The molecule has 0 aliphatic heterocycles. The number of carbonyl (C=O) groups is 2. The lowest BCUT2D eigenvalue weighted by molar-refractivity contribution is 0.0696. The zero-order valence-corrected chi connectivity index (χ0v) is 11.8. The molecular formula is C13H19NO4S. The van der Waals surface area contributed by atoms with Gasteiger partial charge in [0.2, 0.25) is 0 Å². The van der Waals surface area contributed by atoms with E-state index in [9.17, 15) is 9.59 Å². The highest BCUT2D eigenvalue weighted by molar-refractivity contribution is 7.98. The minimum absolute atomic E-state index is 0.0118. The largest absolute Gasteiger partial charge is 0.478 e. The summed E-state index contributed by atoms with van der Waals surface area (Å²) in [7, 11) is 0. The number of carboxylic acids is 1. The second-order valence-corrected chi connectivity index (χ2v) is 5.15. The Labute approximate surface area is 116 Å². The van der Waals surface area contributed by atoms with Crippen LogP contribution in [0.2, 0.25) is 0 Å². The van der Waals surface area contributed by atoms with Gasteiger partial charge in [-0.15, -0.1) is 0 Å². The molecule has 1 aromatic rings. The Kier molecular flexibility index (Phi) is 7.10. The van der Waals surface area contributed by atoms with E-state index in [1.165, 1.54) is 24.7 Å². The summed E-state index contributed by atoms with van der Waals surface area (Å²) in [4.78, 5) is 22.2. The molecule has 0 saturated carbocycles. The van der Waals surface area contributed by atoms with E-state index in [4.69, 9.17) is 9.52 Å². The SMILES string of the molecule is CSCCCCCCNC(=O)c1cc(C(=O)O)co1. The Bertz CT molecular complexity index is 417. The number of furan rings is 1. The third-order valence-electron chi connectivity index (χ3n) is 2.63. The maximum atomic E-state index is 11.6. The summed E-state index contributed by atoms with van der Waals surface area (Å²) >= 11 is 1.84. The second-order valence-electron chi connectivity index (χ2n) is 4.17. The quantitative estimate of drug-likeness (QED) is 0.682. The Balaban J connectivity index is 2.18. The average molecular weight is 285 g/mol. The van der Waals surface area contributed by atoms with Crippen LogP contribution in [0.1, 0.15) is 46.6 Å². The van der Waals surface area contributed by atoms with Crippen LogP contribution >= 0.6 is 11.8 Å². The van der Waals surface area contributed by atoms with E-state index < -0.39 is 5.97 Å². The minimum atomic E-state index is -1.10. The molecule has 0 unspecified atom stereocenters. The van der Waals surface area contributed by atoms with E-state index in [2.05, 4.69) is 11.6 Å². The van der Waals surface area contributed by atoms with Crippen molar-refractivity contribution in [2.24, 2.45) is 0 Å². The van der Waals surface area contributed by atoms with Crippen LogP contribution in [0.25, 0.3) is 0 Å². The highest BCUT2D eigenvalue weighted by atomic mass is 32.2. The van der Waals surface area contributed by atoms with Gasteiger partial charge in [-0.1, -0.05) is 12.8 Å². The molecule has 6 heteroatoms. The fraction of sp³-hybridized carbons (Fsp3) is 0.538. The lowest BCUT2D eigenvalue weighted by atomic mass is 10.2. The number of nitrogens with one attached hydrogen (secondary N) is 1.